The van der Waals surface area contributed by atoms with Crippen LogP contribution in [0.1, 0.15) is 46.7 Å². The van der Waals surface area contributed by atoms with Crippen LogP contribution in [-0.2, 0) is 25.9 Å². The highest BCUT2D eigenvalue weighted by atomic mass is 16.5. The molecule has 0 amide bonds. The van der Waals surface area contributed by atoms with Crippen LogP contribution in [0.4, 0.5) is 0 Å². The van der Waals surface area contributed by atoms with E-state index in [9.17, 15) is 0 Å². The number of ether oxygens (including phenoxy) is 1. The van der Waals surface area contributed by atoms with Crippen LogP contribution >= 0.6 is 0 Å². The van der Waals surface area contributed by atoms with E-state index >= 15 is 0 Å². The first-order chi connectivity index (χ1) is 10.3. The van der Waals surface area contributed by atoms with Crippen LogP contribution < -0.4 is 10.5 Å². The lowest BCUT2D eigenvalue weighted by molar-refractivity contribution is 0.306. The van der Waals surface area contributed by atoms with Crippen molar-refractivity contribution in [3.63, 3.8) is 0 Å². The van der Waals surface area contributed by atoms with Crippen molar-refractivity contribution >= 4 is 0 Å². The molecule has 1 atom stereocenters. The minimum absolute atomic E-state index is 0.214. The molecule has 0 saturated heterocycles. The zero-order valence-corrected chi connectivity index (χ0v) is 12.3. The largest absolute Gasteiger partial charge is 0.489 e. The van der Waals surface area contributed by atoms with Crippen LogP contribution in [0.5, 0.6) is 5.75 Å². The number of rotatable bonds is 3. The molecule has 0 saturated carbocycles. The molecule has 0 spiro atoms. The van der Waals surface area contributed by atoms with Gasteiger partial charge in [0.15, 0.2) is 0 Å². The van der Waals surface area contributed by atoms with Crippen molar-refractivity contribution in [1.82, 2.24) is 0 Å². The lowest BCUT2D eigenvalue weighted by Crippen LogP contribution is -2.05. The van der Waals surface area contributed by atoms with E-state index in [0.717, 1.165) is 18.6 Å². The molecule has 2 aliphatic carbocycles. The van der Waals surface area contributed by atoms with E-state index in [1.54, 1.807) is 0 Å². The normalized spacial score (nSPS) is 19.4. The maximum Gasteiger partial charge on any atom is 0.120 e. The van der Waals surface area contributed by atoms with Crippen molar-refractivity contribution in [2.24, 2.45) is 5.73 Å². The number of hydrogen-bond donors (Lipinski definition) is 1. The summed E-state index contributed by atoms with van der Waals surface area (Å²) >= 11 is 0. The summed E-state index contributed by atoms with van der Waals surface area (Å²) in [5, 5.41) is 0. The maximum atomic E-state index is 6.07. The topological polar surface area (TPSA) is 35.2 Å². The van der Waals surface area contributed by atoms with Crippen LogP contribution in [0.25, 0.3) is 0 Å². The highest BCUT2D eigenvalue weighted by molar-refractivity contribution is 5.41. The lowest BCUT2D eigenvalue weighted by Gasteiger charge is -2.10. The van der Waals surface area contributed by atoms with Crippen LogP contribution in [-0.4, -0.2) is 0 Å². The van der Waals surface area contributed by atoms with Crippen LogP contribution in [0.2, 0.25) is 0 Å². The molecule has 0 bridgehead atoms. The third-order valence-corrected chi connectivity index (χ3v) is 4.81. The van der Waals surface area contributed by atoms with Crippen molar-refractivity contribution in [2.45, 2.75) is 44.8 Å². The fourth-order valence-electron chi connectivity index (χ4n) is 3.60. The predicted octanol–water partition coefficient (Wildman–Crippen LogP) is 3.70. The van der Waals surface area contributed by atoms with Gasteiger partial charge in [0.2, 0.25) is 0 Å². The van der Waals surface area contributed by atoms with Gasteiger partial charge in [-0.3, -0.25) is 0 Å². The van der Waals surface area contributed by atoms with Gasteiger partial charge in [-0.2, -0.15) is 0 Å². The first-order valence-electron chi connectivity index (χ1n) is 7.91. The van der Waals surface area contributed by atoms with Crippen LogP contribution in [0.3, 0.4) is 0 Å². The standard InChI is InChI=1S/C19H21NO/c20-19-9-6-16-11-17(7-8-18(16)19)21-12-13-4-5-14-2-1-3-15(14)10-13/h4-5,7-8,10-11,19H,1-3,6,9,12,20H2/t19-/m0/s1. The first-order valence-corrected chi connectivity index (χ1v) is 7.91. The van der Waals surface area contributed by atoms with Crippen LogP contribution in [0.15, 0.2) is 36.4 Å². The van der Waals surface area contributed by atoms with Gasteiger partial charge in [-0.25, -0.2) is 0 Å². The van der Waals surface area contributed by atoms with E-state index in [1.165, 1.54) is 47.1 Å². The van der Waals surface area contributed by atoms with E-state index in [1.807, 2.05) is 0 Å². The fourth-order valence-corrected chi connectivity index (χ4v) is 3.60. The Morgan fingerprint density at radius 1 is 0.952 bits per heavy atom. The summed E-state index contributed by atoms with van der Waals surface area (Å²) in [6.07, 6.45) is 5.89. The zero-order chi connectivity index (χ0) is 14.2. The van der Waals surface area contributed by atoms with E-state index in [0.29, 0.717) is 6.61 Å². The minimum atomic E-state index is 0.214. The van der Waals surface area contributed by atoms with E-state index in [4.69, 9.17) is 10.5 Å². The molecular weight excluding hydrogens is 258 g/mol. The van der Waals surface area contributed by atoms with Crippen molar-refractivity contribution in [3.8, 4) is 5.75 Å². The molecule has 2 heteroatoms. The summed E-state index contributed by atoms with van der Waals surface area (Å²) in [6.45, 7) is 0.651. The Hall–Kier alpha value is -1.80. The van der Waals surface area contributed by atoms with Gasteiger partial charge in [0.25, 0.3) is 0 Å². The Morgan fingerprint density at radius 3 is 2.81 bits per heavy atom. The number of benzene rings is 2. The van der Waals surface area contributed by atoms with E-state index in [2.05, 4.69) is 36.4 Å². The summed E-state index contributed by atoms with van der Waals surface area (Å²) in [5.41, 5.74) is 13.0. The molecule has 2 nitrogen and oxygen atoms in total. The average molecular weight is 279 g/mol. The fraction of sp³-hybridized carbons (Fsp3) is 0.368. The van der Waals surface area contributed by atoms with Gasteiger partial charge in [-0.15, -0.1) is 0 Å². The van der Waals surface area contributed by atoms with Gasteiger partial charge in [0.1, 0.15) is 12.4 Å². The SMILES string of the molecule is N[C@H]1CCc2cc(OCc3ccc4c(c3)CCC4)ccc21. The summed E-state index contributed by atoms with van der Waals surface area (Å²) in [5.74, 6) is 0.961. The second kappa shape index (κ2) is 5.19. The first kappa shape index (κ1) is 12.9. The Labute approximate surface area is 125 Å². The predicted molar refractivity (Wildman–Crippen MR) is 84.5 cm³/mol. The van der Waals surface area contributed by atoms with Gasteiger partial charge in [-0.05, 0) is 72.1 Å². The highest BCUT2D eigenvalue weighted by Gasteiger charge is 2.19. The molecule has 108 valence electrons. The molecule has 2 aromatic carbocycles. The molecular formula is C19H21NO. The van der Waals surface area contributed by atoms with Gasteiger partial charge >= 0.3 is 0 Å². The molecule has 2 aliphatic rings. The van der Waals surface area contributed by atoms with Crippen molar-refractivity contribution in [3.05, 3.63) is 64.2 Å². The molecule has 0 unspecified atom stereocenters. The monoisotopic (exact) mass is 279 g/mol. The highest BCUT2D eigenvalue weighted by Crippen LogP contribution is 2.32. The second-order valence-electron chi connectivity index (χ2n) is 6.25. The molecule has 2 aromatic rings. The number of hydrogen-bond acceptors (Lipinski definition) is 2. The van der Waals surface area contributed by atoms with E-state index < -0.39 is 0 Å². The minimum Gasteiger partial charge on any atom is -0.489 e. The average Bonchev–Trinajstić information content (AvgIpc) is 3.11. The Balaban J connectivity index is 1.47. The van der Waals surface area contributed by atoms with E-state index in [-0.39, 0.29) is 6.04 Å². The van der Waals surface area contributed by atoms with Gasteiger partial charge in [-0.1, -0.05) is 24.3 Å². The molecule has 4 rings (SSSR count). The van der Waals surface area contributed by atoms with Gasteiger partial charge in [0.05, 0.1) is 0 Å². The van der Waals surface area contributed by atoms with Gasteiger partial charge in [0, 0.05) is 6.04 Å². The van der Waals surface area contributed by atoms with Crippen molar-refractivity contribution < 1.29 is 4.74 Å². The molecule has 0 radical (unpaired) electrons. The third kappa shape index (κ3) is 2.44. The Kier molecular flexibility index (Phi) is 3.19. The van der Waals surface area contributed by atoms with Crippen LogP contribution in [0, 0.1) is 0 Å². The second-order valence-corrected chi connectivity index (χ2v) is 6.25. The van der Waals surface area contributed by atoms with Crippen molar-refractivity contribution in [1.29, 1.82) is 0 Å². The van der Waals surface area contributed by atoms with Gasteiger partial charge < -0.3 is 10.5 Å². The molecule has 21 heavy (non-hydrogen) atoms. The molecule has 0 heterocycles. The third-order valence-electron chi connectivity index (χ3n) is 4.81. The number of nitrogens with two attached hydrogens (primary N) is 1. The summed E-state index contributed by atoms with van der Waals surface area (Å²) in [4.78, 5) is 0. The molecule has 0 aliphatic heterocycles. The number of fused-ring (bicyclic) bond motifs is 2. The Bertz CT molecular complexity index is 677. The maximum absolute atomic E-state index is 6.07. The summed E-state index contributed by atoms with van der Waals surface area (Å²) < 4.78 is 5.97. The lowest BCUT2D eigenvalue weighted by atomic mass is 10.1. The van der Waals surface area contributed by atoms with Crippen molar-refractivity contribution in [2.75, 3.05) is 0 Å². The summed E-state index contributed by atoms with van der Waals surface area (Å²) in [7, 11) is 0. The quantitative estimate of drug-likeness (QED) is 0.929. The summed E-state index contributed by atoms with van der Waals surface area (Å²) in [6, 6.07) is 13.3. The smallest absolute Gasteiger partial charge is 0.120 e. The number of aryl methyl sites for hydroxylation is 3. The molecule has 0 aromatic heterocycles. The Morgan fingerprint density at radius 2 is 1.86 bits per heavy atom. The molecule has 2 N–H and O–H groups in total. The zero-order valence-electron chi connectivity index (χ0n) is 12.3. The molecule has 0 fully saturated rings.